The lowest BCUT2D eigenvalue weighted by atomic mass is 10.1. The first-order valence-corrected chi connectivity index (χ1v) is 9.37. The van der Waals surface area contributed by atoms with Crippen molar-refractivity contribution in [2.45, 2.75) is 19.1 Å². The Bertz CT molecular complexity index is 696. The lowest BCUT2D eigenvalue weighted by Gasteiger charge is -2.21. The van der Waals surface area contributed by atoms with Crippen LogP contribution in [-0.2, 0) is 20.6 Å². The van der Waals surface area contributed by atoms with Crippen LogP contribution < -0.4 is 0 Å². The maximum absolute atomic E-state index is 13.3. The first-order valence-electron chi connectivity index (χ1n) is 7.38. The minimum absolute atomic E-state index is 0.0230. The van der Waals surface area contributed by atoms with Crippen molar-refractivity contribution in [3.63, 3.8) is 0 Å². The molecule has 0 radical (unpaired) electrons. The number of sulfonamides is 1. The molecule has 0 N–H and O–H groups in total. The van der Waals surface area contributed by atoms with Crippen LogP contribution in [0.2, 0.25) is 5.02 Å². The fraction of sp³-hybridized carbons (Fsp3) is 0.533. The highest BCUT2D eigenvalue weighted by Crippen LogP contribution is 2.23. The van der Waals surface area contributed by atoms with E-state index in [2.05, 4.69) is 0 Å². The summed E-state index contributed by atoms with van der Waals surface area (Å²) >= 11 is 5.93. The van der Waals surface area contributed by atoms with Crippen molar-refractivity contribution < 1.29 is 17.6 Å². The molecule has 0 spiro atoms. The summed E-state index contributed by atoms with van der Waals surface area (Å²) in [6, 6.07) is 3.66. The molecule has 1 atom stereocenters. The average molecular weight is 363 g/mol. The number of nitrogens with zero attached hydrogens (tertiary/aromatic N) is 2. The predicted molar refractivity (Wildman–Crippen MR) is 87.0 cm³/mol. The van der Waals surface area contributed by atoms with Gasteiger partial charge in [-0.1, -0.05) is 11.6 Å². The Hall–Kier alpha value is -1.18. The summed E-state index contributed by atoms with van der Waals surface area (Å²) in [5.74, 6) is -0.859. The fourth-order valence-electron chi connectivity index (χ4n) is 2.72. The Morgan fingerprint density at radius 1 is 1.43 bits per heavy atom. The molecule has 5 nitrogen and oxygen atoms in total. The summed E-state index contributed by atoms with van der Waals surface area (Å²) in [7, 11) is -2.16. The van der Waals surface area contributed by atoms with E-state index in [0.717, 1.165) is 6.07 Å². The Labute approximate surface area is 141 Å². The number of hydrogen-bond donors (Lipinski definition) is 0. The molecular weight excluding hydrogens is 343 g/mol. The summed E-state index contributed by atoms with van der Waals surface area (Å²) < 4.78 is 39.4. The van der Waals surface area contributed by atoms with Gasteiger partial charge in [-0.05, 0) is 36.6 Å². The van der Waals surface area contributed by atoms with Gasteiger partial charge in [0.05, 0.1) is 5.75 Å². The first-order chi connectivity index (χ1) is 10.7. The first kappa shape index (κ1) is 18.2. The molecular formula is C15H20ClFN2O3S. The molecule has 0 aromatic heterocycles. The zero-order chi connectivity index (χ0) is 17.2. The fourth-order valence-corrected chi connectivity index (χ4v) is 4.27. The van der Waals surface area contributed by atoms with Gasteiger partial charge in [0.25, 0.3) is 0 Å². The normalized spacial score (nSPS) is 18.9. The Morgan fingerprint density at radius 2 is 2.13 bits per heavy atom. The molecule has 1 aromatic rings. The van der Waals surface area contributed by atoms with E-state index in [1.165, 1.54) is 23.5 Å². The number of carbonyl (C=O) groups is 1. The Morgan fingerprint density at radius 3 is 2.74 bits per heavy atom. The molecule has 1 aliphatic rings. The zero-order valence-corrected chi connectivity index (χ0v) is 14.7. The molecule has 8 heteroatoms. The number of likely N-dealkylation sites (tertiary alicyclic amines) is 1. The van der Waals surface area contributed by atoms with E-state index in [4.69, 9.17) is 11.6 Å². The molecule has 1 saturated heterocycles. The van der Waals surface area contributed by atoms with Gasteiger partial charge in [0.2, 0.25) is 15.9 Å². The highest BCUT2D eigenvalue weighted by molar-refractivity contribution is 7.88. The van der Waals surface area contributed by atoms with Gasteiger partial charge in [0.15, 0.2) is 0 Å². The van der Waals surface area contributed by atoms with Crippen LogP contribution in [0.3, 0.4) is 0 Å². The summed E-state index contributed by atoms with van der Waals surface area (Å²) in [6.45, 7) is 3.35. The minimum Gasteiger partial charge on any atom is -0.343 e. The minimum atomic E-state index is -3.63. The standard InChI is InChI=1S/C15H20ClFN2O3S/c1-3-19-9-11(6-15(19)20)8-18(2)23(21,22)10-12-7-13(17)4-5-14(12)16/h4-5,7,11H,3,6,8-10H2,1-2H3/t11-/m1/s1. The van der Waals surface area contributed by atoms with Gasteiger partial charge in [0, 0.05) is 38.1 Å². The second kappa shape index (κ2) is 7.15. The highest BCUT2D eigenvalue weighted by Gasteiger charge is 2.31. The van der Waals surface area contributed by atoms with Crippen LogP contribution in [-0.4, -0.2) is 50.2 Å². The maximum atomic E-state index is 13.3. The summed E-state index contributed by atoms with van der Waals surface area (Å²) in [4.78, 5) is 13.4. The van der Waals surface area contributed by atoms with Gasteiger partial charge >= 0.3 is 0 Å². The second-order valence-electron chi connectivity index (χ2n) is 5.77. The number of benzene rings is 1. The highest BCUT2D eigenvalue weighted by atomic mass is 35.5. The van der Waals surface area contributed by atoms with E-state index >= 15 is 0 Å². The van der Waals surface area contributed by atoms with E-state index in [1.54, 1.807) is 4.90 Å². The van der Waals surface area contributed by atoms with Crippen molar-refractivity contribution in [1.82, 2.24) is 9.21 Å². The third-order valence-corrected chi connectivity index (χ3v) is 6.16. The van der Waals surface area contributed by atoms with Gasteiger partial charge < -0.3 is 4.90 Å². The van der Waals surface area contributed by atoms with Crippen LogP contribution in [0, 0.1) is 11.7 Å². The van der Waals surface area contributed by atoms with Crippen LogP contribution >= 0.6 is 11.6 Å². The monoisotopic (exact) mass is 362 g/mol. The van der Waals surface area contributed by atoms with Gasteiger partial charge in [0.1, 0.15) is 5.82 Å². The van der Waals surface area contributed by atoms with Crippen molar-refractivity contribution in [1.29, 1.82) is 0 Å². The smallest absolute Gasteiger partial charge is 0.222 e. The van der Waals surface area contributed by atoms with Crippen molar-refractivity contribution in [2.75, 3.05) is 26.7 Å². The number of carbonyl (C=O) groups excluding carboxylic acids is 1. The largest absolute Gasteiger partial charge is 0.343 e. The van der Waals surface area contributed by atoms with E-state index in [0.29, 0.717) is 19.5 Å². The molecule has 128 valence electrons. The number of hydrogen-bond acceptors (Lipinski definition) is 3. The van der Waals surface area contributed by atoms with Gasteiger partial charge in [-0.3, -0.25) is 4.79 Å². The van der Waals surface area contributed by atoms with Crippen LogP contribution in [0.15, 0.2) is 18.2 Å². The second-order valence-corrected chi connectivity index (χ2v) is 8.26. The van der Waals surface area contributed by atoms with Gasteiger partial charge in [-0.25, -0.2) is 17.1 Å². The molecule has 0 saturated carbocycles. The van der Waals surface area contributed by atoms with E-state index < -0.39 is 15.8 Å². The summed E-state index contributed by atoms with van der Waals surface area (Å²) in [5.41, 5.74) is 0.233. The van der Waals surface area contributed by atoms with Crippen molar-refractivity contribution in [3.8, 4) is 0 Å². The number of rotatable bonds is 6. The quantitative estimate of drug-likeness (QED) is 0.778. The third-order valence-electron chi connectivity index (χ3n) is 4.01. The van der Waals surface area contributed by atoms with Gasteiger partial charge in [-0.2, -0.15) is 0 Å². The molecule has 0 aliphatic carbocycles. The molecule has 1 amide bonds. The molecule has 1 fully saturated rings. The van der Waals surface area contributed by atoms with E-state index in [1.807, 2.05) is 6.92 Å². The molecule has 1 heterocycles. The molecule has 2 rings (SSSR count). The van der Waals surface area contributed by atoms with Crippen molar-refractivity contribution in [2.24, 2.45) is 5.92 Å². The molecule has 0 unspecified atom stereocenters. The van der Waals surface area contributed by atoms with E-state index in [9.17, 15) is 17.6 Å². The van der Waals surface area contributed by atoms with Crippen LogP contribution in [0.4, 0.5) is 4.39 Å². The molecule has 23 heavy (non-hydrogen) atoms. The van der Waals surface area contributed by atoms with Crippen LogP contribution in [0.1, 0.15) is 18.9 Å². The Kier molecular flexibility index (Phi) is 5.65. The zero-order valence-electron chi connectivity index (χ0n) is 13.1. The Balaban J connectivity index is 2.04. The predicted octanol–water partition coefficient (Wildman–Crippen LogP) is 2.11. The lowest BCUT2D eigenvalue weighted by Crippen LogP contribution is -2.34. The number of halogens is 2. The molecule has 0 bridgehead atoms. The maximum Gasteiger partial charge on any atom is 0.222 e. The summed E-state index contributed by atoms with van der Waals surface area (Å²) in [5, 5.41) is 0.219. The third kappa shape index (κ3) is 4.43. The SMILES string of the molecule is CCN1C[C@@H](CN(C)S(=O)(=O)Cc2cc(F)ccc2Cl)CC1=O. The average Bonchev–Trinajstić information content (AvgIpc) is 2.82. The lowest BCUT2D eigenvalue weighted by molar-refractivity contribution is -0.127. The topological polar surface area (TPSA) is 57.7 Å². The number of amides is 1. The molecule has 1 aromatic carbocycles. The van der Waals surface area contributed by atoms with Crippen LogP contribution in [0.25, 0.3) is 0 Å². The summed E-state index contributed by atoms with van der Waals surface area (Å²) in [6.07, 6.45) is 0.356. The van der Waals surface area contributed by atoms with E-state index in [-0.39, 0.29) is 34.7 Å². The van der Waals surface area contributed by atoms with Gasteiger partial charge in [-0.15, -0.1) is 0 Å². The van der Waals surface area contributed by atoms with Crippen LogP contribution in [0.5, 0.6) is 0 Å². The molecule has 1 aliphatic heterocycles. The van der Waals surface area contributed by atoms with Crippen molar-refractivity contribution in [3.05, 3.63) is 34.6 Å². The van der Waals surface area contributed by atoms with Crippen molar-refractivity contribution >= 4 is 27.5 Å².